The van der Waals surface area contributed by atoms with Crippen molar-refractivity contribution >= 4 is 17.6 Å². The number of carbonyl (C=O) groups excluding carboxylic acids is 2. The first-order valence-electron chi connectivity index (χ1n) is 10.9. The smallest absolute Gasteiger partial charge is 0.340 e. The van der Waals surface area contributed by atoms with Gasteiger partial charge in [0.05, 0.1) is 23.2 Å². The van der Waals surface area contributed by atoms with Gasteiger partial charge < -0.3 is 14.0 Å². The van der Waals surface area contributed by atoms with Crippen LogP contribution in [0.4, 0.5) is 5.69 Å². The molecule has 176 valence electrons. The molecule has 1 aliphatic heterocycles. The lowest BCUT2D eigenvalue weighted by Crippen LogP contribution is -2.33. The molecule has 0 unspecified atom stereocenters. The van der Waals surface area contributed by atoms with E-state index in [1.54, 1.807) is 30.5 Å². The van der Waals surface area contributed by atoms with Crippen LogP contribution in [0.15, 0.2) is 43.1 Å². The van der Waals surface area contributed by atoms with Crippen molar-refractivity contribution in [3.8, 4) is 11.1 Å². The highest BCUT2D eigenvalue weighted by molar-refractivity contribution is 6.00. The van der Waals surface area contributed by atoms with Crippen molar-refractivity contribution in [2.45, 2.75) is 64.0 Å². The molecule has 1 aromatic heterocycles. The van der Waals surface area contributed by atoms with Crippen molar-refractivity contribution < 1.29 is 24.0 Å². The minimum absolute atomic E-state index is 0.104. The highest BCUT2D eigenvalue weighted by Gasteiger charge is 2.41. The lowest BCUT2D eigenvalue weighted by Gasteiger charge is -2.37. The molecule has 0 fully saturated rings. The van der Waals surface area contributed by atoms with Crippen LogP contribution in [-0.2, 0) is 26.2 Å². The Balaban J connectivity index is 2.19. The monoisotopic (exact) mass is 454 g/mol. The number of ether oxygens (including phenoxy) is 2. The normalized spacial score (nSPS) is 17.7. The molecule has 1 atom stereocenters. The third-order valence-corrected chi connectivity index (χ3v) is 5.93. The first kappa shape index (κ1) is 24.2. The third-order valence-electron chi connectivity index (χ3n) is 5.93. The topological polar surface area (TPSA) is 101 Å². The zero-order chi connectivity index (χ0) is 24.4. The number of aromatic nitrogens is 1. The number of nitro benzene ring substituents is 1. The maximum absolute atomic E-state index is 12.7. The lowest BCUT2D eigenvalue weighted by molar-refractivity contribution is -0.384. The average molecular weight is 455 g/mol. The Morgan fingerprint density at radius 1 is 1.30 bits per heavy atom. The van der Waals surface area contributed by atoms with Crippen molar-refractivity contribution in [3.63, 3.8) is 0 Å². The van der Waals surface area contributed by atoms with Crippen LogP contribution < -0.4 is 0 Å². The summed E-state index contributed by atoms with van der Waals surface area (Å²) >= 11 is 0. The Labute approximate surface area is 193 Å². The fourth-order valence-electron chi connectivity index (χ4n) is 4.59. The maximum atomic E-state index is 12.7. The van der Waals surface area contributed by atoms with E-state index in [2.05, 4.69) is 6.58 Å². The fourth-order valence-corrected chi connectivity index (χ4v) is 4.59. The van der Waals surface area contributed by atoms with E-state index in [1.807, 2.05) is 25.3 Å². The van der Waals surface area contributed by atoms with Crippen LogP contribution >= 0.6 is 0 Å². The molecule has 33 heavy (non-hydrogen) atoms. The molecule has 0 aliphatic carbocycles. The SMILES string of the molecule is C=C[C@]1(CCC(=O)OC(C)(C)C)CCCn2cc(C(=O)OC)c(-c3ccccc3[N+](=O)[O-])c21. The number of hydrogen-bond donors (Lipinski definition) is 0. The number of carbonyl (C=O) groups is 2. The van der Waals surface area contributed by atoms with Gasteiger partial charge in [-0.3, -0.25) is 14.9 Å². The third kappa shape index (κ3) is 4.84. The van der Waals surface area contributed by atoms with E-state index < -0.39 is 21.9 Å². The van der Waals surface area contributed by atoms with Gasteiger partial charge in [0.2, 0.25) is 0 Å². The average Bonchev–Trinajstić information content (AvgIpc) is 3.16. The molecule has 0 saturated carbocycles. The zero-order valence-corrected chi connectivity index (χ0v) is 19.6. The van der Waals surface area contributed by atoms with Gasteiger partial charge in [0.1, 0.15) is 5.60 Å². The molecule has 8 heteroatoms. The summed E-state index contributed by atoms with van der Waals surface area (Å²) in [5, 5.41) is 11.8. The van der Waals surface area contributed by atoms with Crippen molar-refractivity contribution in [2.75, 3.05) is 7.11 Å². The summed E-state index contributed by atoms with van der Waals surface area (Å²) in [6.45, 7) is 10.1. The van der Waals surface area contributed by atoms with E-state index in [0.717, 1.165) is 12.1 Å². The van der Waals surface area contributed by atoms with Crippen molar-refractivity contribution in [1.29, 1.82) is 0 Å². The minimum Gasteiger partial charge on any atom is -0.465 e. The number of nitrogens with zero attached hydrogens (tertiary/aromatic N) is 2. The summed E-state index contributed by atoms with van der Waals surface area (Å²) in [5.41, 5.74) is 0.418. The Kier molecular flexibility index (Phi) is 6.76. The predicted octanol–water partition coefficient (Wildman–Crippen LogP) is 5.19. The van der Waals surface area contributed by atoms with Crippen LogP contribution in [0.2, 0.25) is 0 Å². The molecule has 2 heterocycles. The maximum Gasteiger partial charge on any atom is 0.340 e. The van der Waals surface area contributed by atoms with Gasteiger partial charge in [0, 0.05) is 41.9 Å². The molecule has 0 amide bonds. The number of methoxy groups -OCH3 is 1. The number of fused-ring (bicyclic) bond motifs is 1. The summed E-state index contributed by atoms with van der Waals surface area (Å²) < 4.78 is 12.4. The molecule has 3 rings (SSSR count). The first-order valence-corrected chi connectivity index (χ1v) is 10.9. The number of benzene rings is 1. The molecule has 1 aliphatic rings. The second kappa shape index (κ2) is 9.21. The Morgan fingerprint density at radius 3 is 2.61 bits per heavy atom. The van der Waals surface area contributed by atoms with E-state index in [1.165, 1.54) is 13.2 Å². The summed E-state index contributed by atoms with van der Waals surface area (Å²) in [4.78, 5) is 36.6. The molecule has 0 saturated heterocycles. The largest absolute Gasteiger partial charge is 0.465 e. The van der Waals surface area contributed by atoms with E-state index in [0.29, 0.717) is 30.5 Å². The highest BCUT2D eigenvalue weighted by atomic mass is 16.6. The van der Waals surface area contributed by atoms with Gasteiger partial charge in [-0.15, -0.1) is 6.58 Å². The Bertz CT molecular complexity index is 1090. The molecule has 1 aromatic carbocycles. The van der Waals surface area contributed by atoms with Gasteiger partial charge in [0.25, 0.3) is 5.69 Å². The summed E-state index contributed by atoms with van der Waals surface area (Å²) in [5.74, 6) is -0.900. The van der Waals surface area contributed by atoms with Gasteiger partial charge in [0.15, 0.2) is 0 Å². The molecule has 0 spiro atoms. The van der Waals surface area contributed by atoms with E-state index in [-0.39, 0.29) is 23.6 Å². The summed E-state index contributed by atoms with van der Waals surface area (Å²) in [7, 11) is 1.28. The van der Waals surface area contributed by atoms with Gasteiger partial charge in [-0.2, -0.15) is 0 Å². The number of rotatable bonds is 7. The highest BCUT2D eigenvalue weighted by Crippen LogP contribution is 2.48. The van der Waals surface area contributed by atoms with E-state index >= 15 is 0 Å². The van der Waals surface area contributed by atoms with Crippen LogP contribution in [0.1, 0.15) is 62.5 Å². The summed E-state index contributed by atoms with van der Waals surface area (Å²) in [6, 6.07) is 6.34. The number of esters is 2. The van der Waals surface area contributed by atoms with Gasteiger partial charge in [-0.1, -0.05) is 18.2 Å². The second-order valence-electron chi connectivity index (χ2n) is 9.28. The number of nitro groups is 1. The predicted molar refractivity (Wildman–Crippen MR) is 124 cm³/mol. The second-order valence-corrected chi connectivity index (χ2v) is 9.28. The van der Waals surface area contributed by atoms with Gasteiger partial charge >= 0.3 is 11.9 Å². The number of para-hydroxylation sites is 1. The lowest BCUT2D eigenvalue weighted by atomic mass is 9.72. The van der Waals surface area contributed by atoms with Crippen LogP contribution in [-0.4, -0.2) is 34.1 Å². The fraction of sp³-hybridized carbons (Fsp3) is 0.440. The van der Waals surface area contributed by atoms with Crippen molar-refractivity contribution in [3.05, 3.63) is 64.5 Å². The number of aryl methyl sites for hydroxylation is 1. The number of allylic oxidation sites excluding steroid dienone is 1. The van der Waals surface area contributed by atoms with Gasteiger partial charge in [-0.25, -0.2) is 4.79 Å². The molecule has 0 N–H and O–H groups in total. The standard InChI is InChI=1S/C25H30N2O6/c1-6-25(14-12-20(28)33-24(2,3)4)13-9-15-26-16-18(23(29)32-5)21(22(25)26)17-10-7-8-11-19(17)27(30)31/h6-8,10-11,16H,1,9,12-15H2,2-5H3/t25-/m1/s1. The van der Waals surface area contributed by atoms with E-state index in [4.69, 9.17) is 9.47 Å². The molecular weight excluding hydrogens is 424 g/mol. The van der Waals surface area contributed by atoms with Crippen LogP contribution in [0, 0.1) is 10.1 Å². The zero-order valence-electron chi connectivity index (χ0n) is 19.6. The molecule has 8 nitrogen and oxygen atoms in total. The quantitative estimate of drug-likeness (QED) is 0.247. The van der Waals surface area contributed by atoms with Crippen molar-refractivity contribution in [1.82, 2.24) is 4.57 Å². The van der Waals surface area contributed by atoms with Crippen LogP contribution in [0.3, 0.4) is 0 Å². The first-order chi connectivity index (χ1) is 15.5. The minimum atomic E-state index is -0.666. The van der Waals surface area contributed by atoms with Crippen LogP contribution in [0.25, 0.3) is 11.1 Å². The van der Waals surface area contributed by atoms with Crippen molar-refractivity contribution in [2.24, 2.45) is 0 Å². The molecular formula is C25H30N2O6. The Hall–Kier alpha value is -3.42. The van der Waals surface area contributed by atoms with E-state index in [9.17, 15) is 19.7 Å². The molecule has 2 aromatic rings. The molecule has 0 radical (unpaired) electrons. The van der Waals surface area contributed by atoms with Gasteiger partial charge in [-0.05, 0) is 46.1 Å². The number of hydrogen-bond acceptors (Lipinski definition) is 6. The van der Waals surface area contributed by atoms with Crippen LogP contribution in [0.5, 0.6) is 0 Å². The Morgan fingerprint density at radius 2 is 2.00 bits per heavy atom. The summed E-state index contributed by atoms with van der Waals surface area (Å²) in [6.07, 6.45) is 5.54. The molecule has 0 bridgehead atoms.